The first-order valence-corrected chi connectivity index (χ1v) is 6.83. The molecule has 15 heavy (non-hydrogen) atoms. The molecule has 0 N–H and O–H groups in total. The van der Waals surface area contributed by atoms with Crippen LogP contribution in [0.3, 0.4) is 0 Å². The van der Waals surface area contributed by atoms with Crippen molar-refractivity contribution in [2.75, 3.05) is 5.75 Å². The number of nitrogens with zero attached hydrogens (tertiary/aromatic N) is 1. The Balaban J connectivity index is 2.46. The summed E-state index contributed by atoms with van der Waals surface area (Å²) in [5.41, 5.74) is 0.374. The van der Waals surface area contributed by atoms with Gasteiger partial charge in [-0.05, 0) is 35.8 Å². The number of hydrogen-bond donors (Lipinski definition) is 0. The van der Waals surface area contributed by atoms with Crippen molar-refractivity contribution in [3.05, 3.63) is 0 Å². The van der Waals surface area contributed by atoms with Crippen molar-refractivity contribution < 1.29 is 0 Å². The summed E-state index contributed by atoms with van der Waals surface area (Å²) in [5, 5.41) is 9.26. The van der Waals surface area contributed by atoms with Crippen molar-refractivity contribution in [2.45, 2.75) is 52.2 Å². The molecule has 1 aliphatic carbocycles. The molecule has 2 heteroatoms. The topological polar surface area (TPSA) is 23.8 Å². The average Bonchev–Trinajstić information content (AvgIpc) is 2.00. The Morgan fingerprint density at radius 3 is 2.27 bits per heavy atom. The van der Waals surface area contributed by atoms with Crippen molar-refractivity contribution in [1.82, 2.24) is 0 Å². The van der Waals surface area contributed by atoms with Crippen LogP contribution in [0.4, 0.5) is 0 Å². The second-order valence-electron chi connectivity index (χ2n) is 6.28. The van der Waals surface area contributed by atoms with Crippen LogP contribution in [0.25, 0.3) is 0 Å². The minimum absolute atomic E-state index is 0.0534. The quantitative estimate of drug-likeness (QED) is 0.722. The second kappa shape index (κ2) is 4.37. The molecule has 1 aliphatic rings. The number of thioether (sulfide) groups is 1. The Morgan fingerprint density at radius 1 is 1.40 bits per heavy atom. The van der Waals surface area contributed by atoms with Gasteiger partial charge in [0, 0.05) is 0 Å². The lowest BCUT2D eigenvalue weighted by molar-refractivity contribution is 0.122. The molecule has 0 spiro atoms. The summed E-state index contributed by atoms with van der Waals surface area (Å²) in [6.07, 6.45) is 2.18. The van der Waals surface area contributed by atoms with Crippen molar-refractivity contribution in [2.24, 2.45) is 17.3 Å². The first kappa shape index (κ1) is 12.9. The Bertz CT molecular complexity index is 251. The van der Waals surface area contributed by atoms with E-state index in [-0.39, 0.29) is 4.75 Å². The minimum atomic E-state index is -0.0534. The van der Waals surface area contributed by atoms with Crippen LogP contribution in [0.2, 0.25) is 0 Å². The zero-order valence-electron chi connectivity index (χ0n) is 10.6. The van der Waals surface area contributed by atoms with Gasteiger partial charge < -0.3 is 0 Å². The summed E-state index contributed by atoms with van der Waals surface area (Å²) in [5.74, 6) is 2.54. The fourth-order valence-electron chi connectivity index (χ4n) is 1.92. The van der Waals surface area contributed by atoms with Crippen LogP contribution in [0.1, 0.15) is 47.5 Å². The zero-order valence-corrected chi connectivity index (χ0v) is 11.4. The normalized spacial score (nSPS) is 31.1. The SMILES string of the molecule is CC(C)CSC1(C#N)CC(C(C)(C)C)C1. The maximum atomic E-state index is 9.26. The minimum Gasteiger partial charge on any atom is -0.197 e. The molecule has 0 aromatic rings. The molecular formula is C13H23NS. The summed E-state index contributed by atoms with van der Waals surface area (Å²) in [4.78, 5) is 0. The van der Waals surface area contributed by atoms with Gasteiger partial charge in [-0.3, -0.25) is 0 Å². The van der Waals surface area contributed by atoms with E-state index in [0.29, 0.717) is 11.3 Å². The highest BCUT2D eigenvalue weighted by Gasteiger charge is 2.49. The van der Waals surface area contributed by atoms with E-state index < -0.39 is 0 Å². The lowest BCUT2D eigenvalue weighted by Gasteiger charge is -2.48. The third kappa shape index (κ3) is 3.14. The predicted octanol–water partition coefficient (Wildman–Crippen LogP) is 4.09. The van der Waals surface area contributed by atoms with Gasteiger partial charge in [0.1, 0.15) is 4.75 Å². The van der Waals surface area contributed by atoms with Gasteiger partial charge in [0.15, 0.2) is 0 Å². The monoisotopic (exact) mass is 225 g/mol. The Labute approximate surface area is 98.6 Å². The molecule has 0 aliphatic heterocycles. The second-order valence-corrected chi connectivity index (χ2v) is 7.69. The molecule has 1 nitrogen and oxygen atoms in total. The van der Waals surface area contributed by atoms with Gasteiger partial charge in [0.2, 0.25) is 0 Å². The highest BCUT2D eigenvalue weighted by Crippen LogP contribution is 2.54. The van der Waals surface area contributed by atoms with Gasteiger partial charge in [0.25, 0.3) is 0 Å². The molecule has 1 fully saturated rings. The maximum Gasteiger partial charge on any atom is 0.103 e. The molecule has 0 saturated heterocycles. The Kier molecular flexibility index (Phi) is 3.76. The van der Waals surface area contributed by atoms with Gasteiger partial charge in [-0.25, -0.2) is 0 Å². The fourth-order valence-corrected chi connectivity index (χ4v) is 3.27. The summed E-state index contributed by atoms with van der Waals surface area (Å²) in [6, 6.07) is 2.54. The van der Waals surface area contributed by atoms with Crippen molar-refractivity contribution >= 4 is 11.8 Å². The van der Waals surface area contributed by atoms with E-state index in [1.54, 1.807) is 0 Å². The Hall–Kier alpha value is -0.160. The largest absolute Gasteiger partial charge is 0.197 e. The van der Waals surface area contributed by atoms with Gasteiger partial charge in [-0.15, -0.1) is 11.8 Å². The Morgan fingerprint density at radius 2 is 1.93 bits per heavy atom. The van der Waals surface area contributed by atoms with E-state index in [0.717, 1.165) is 24.5 Å². The standard InChI is InChI=1S/C13H23NS/c1-10(2)8-15-13(9-14)6-11(7-13)12(3,4)5/h10-11H,6-8H2,1-5H3. The summed E-state index contributed by atoms with van der Waals surface area (Å²) in [6.45, 7) is 11.3. The third-order valence-corrected chi connectivity index (χ3v) is 5.08. The van der Waals surface area contributed by atoms with E-state index in [2.05, 4.69) is 40.7 Å². The smallest absolute Gasteiger partial charge is 0.103 e. The summed E-state index contributed by atoms with van der Waals surface area (Å²) < 4.78 is -0.0534. The van der Waals surface area contributed by atoms with Crippen molar-refractivity contribution in [1.29, 1.82) is 5.26 Å². The average molecular weight is 225 g/mol. The highest BCUT2D eigenvalue weighted by atomic mass is 32.2. The maximum absolute atomic E-state index is 9.26. The van der Waals surface area contributed by atoms with Crippen LogP contribution in [0.15, 0.2) is 0 Å². The van der Waals surface area contributed by atoms with E-state index in [1.807, 2.05) is 11.8 Å². The molecule has 1 saturated carbocycles. The van der Waals surface area contributed by atoms with Crippen LogP contribution in [0.5, 0.6) is 0 Å². The molecule has 0 amide bonds. The van der Waals surface area contributed by atoms with Gasteiger partial charge in [-0.2, -0.15) is 5.26 Å². The molecule has 0 radical (unpaired) electrons. The first-order chi connectivity index (χ1) is 6.79. The summed E-state index contributed by atoms with van der Waals surface area (Å²) in [7, 11) is 0. The molecule has 86 valence electrons. The van der Waals surface area contributed by atoms with E-state index in [9.17, 15) is 5.26 Å². The fraction of sp³-hybridized carbons (Fsp3) is 0.923. The lowest BCUT2D eigenvalue weighted by Crippen LogP contribution is -2.45. The van der Waals surface area contributed by atoms with E-state index in [1.165, 1.54) is 0 Å². The van der Waals surface area contributed by atoms with Gasteiger partial charge in [-0.1, -0.05) is 34.6 Å². The lowest BCUT2D eigenvalue weighted by atomic mass is 9.63. The van der Waals surface area contributed by atoms with Crippen molar-refractivity contribution in [3.8, 4) is 6.07 Å². The van der Waals surface area contributed by atoms with Crippen LogP contribution >= 0.6 is 11.8 Å². The molecule has 0 atom stereocenters. The molecule has 0 unspecified atom stereocenters. The van der Waals surface area contributed by atoms with Crippen molar-refractivity contribution in [3.63, 3.8) is 0 Å². The van der Waals surface area contributed by atoms with Gasteiger partial charge >= 0.3 is 0 Å². The number of hydrogen-bond acceptors (Lipinski definition) is 2. The molecule has 0 heterocycles. The van der Waals surface area contributed by atoms with Crippen LogP contribution in [-0.2, 0) is 0 Å². The molecular weight excluding hydrogens is 202 g/mol. The molecule has 0 aromatic heterocycles. The molecule has 0 bridgehead atoms. The van der Waals surface area contributed by atoms with E-state index in [4.69, 9.17) is 0 Å². The number of rotatable bonds is 3. The van der Waals surface area contributed by atoms with Crippen LogP contribution in [0, 0.1) is 28.6 Å². The van der Waals surface area contributed by atoms with E-state index >= 15 is 0 Å². The third-order valence-electron chi connectivity index (χ3n) is 3.27. The van der Waals surface area contributed by atoms with Gasteiger partial charge in [0.05, 0.1) is 6.07 Å². The highest BCUT2D eigenvalue weighted by molar-refractivity contribution is 8.00. The molecule has 0 aromatic carbocycles. The molecule has 1 rings (SSSR count). The first-order valence-electron chi connectivity index (χ1n) is 5.84. The van der Waals surface area contributed by atoms with Crippen LogP contribution in [-0.4, -0.2) is 10.5 Å². The van der Waals surface area contributed by atoms with Crippen LogP contribution < -0.4 is 0 Å². The zero-order chi connectivity index (χ0) is 11.7. The summed E-state index contributed by atoms with van der Waals surface area (Å²) >= 11 is 1.88. The predicted molar refractivity (Wildman–Crippen MR) is 67.8 cm³/mol. The number of nitriles is 1.